The van der Waals surface area contributed by atoms with Crippen LogP contribution in [0.15, 0.2) is 33.1 Å². The van der Waals surface area contributed by atoms with Crippen LogP contribution in [0.4, 0.5) is 5.13 Å². The van der Waals surface area contributed by atoms with Crippen LogP contribution in [0.3, 0.4) is 0 Å². The van der Waals surface area contributed by atoms with Crippen LogP contribution in [0.1, 0.15) is 20.8 Å². The molecule has 2 aromatic rings. The van der Waals surface area contributed by atoms with E-state index in [0.717, 1.165) is 8.81 Å². The van der Waals surface area contributed by atoms with E-state index in [-0.39, 0.29) is 5.91 Å². The predicted molar refractivity (Wildman–Crippen MR) is 93.8 cm³/mol. The molecular formula is C14H16BrN3O2S2. The minimum absolute atomic E-state index is 0.250. The predicted octanol–water partition coefficient (Wildman–Crippen LogP) is 4.21. The Labute approximate surface area is 146 Å². The Morgan fingerprint density at radius 2 is 1.95 bits per heavy atom. The number of benzene rings is 1. The van der Waals surface area contributed by atoms with E-state index in [0.29, 0.717) is 16.1 Å². The third kappa shape index (κ3) is 5.26. The number of aromatic nitrogens is 2. The molecule has 0 saturated carbocycles. The van der Waals surface area contributed by atoms with E-state index in [1.54, 1.807) is 30.8 Å². The molecule has 0 spiro atoms. The second-order valence-electron chi connectivity index (χ2n) is 4.74. The molecule has 0 bridgehead atoms. The summed E-state index contributed by atoms with van der Waals surface area (Å²) in [6.07, 6.45) is -0.619. The number of nitrogens with zero attached hydrogens (tertiary/aromatic N) is 2. The Morgan fingerprint density at radius 1 is 1.27 bits per heavy atom. The molecule has 1 heterocycles. The number of nitrogens with one attached hydrogen (secondary N) is 1. The van der Waals surface area contributed by atoms with Crippen LogP contribution >= 0.6 is 39.0 Å². The van der Waals surface area contributed by atoms with E-state index in [9.17, 15) is 4.79 Å². The summed E-state index contributed by atoms with van der Waals surface area (Å²) >= 11 is 6.33. The minimum atomic E-state index is -0.619. The zero-order chi connectivity index (χ0) is 16.1. The summed E-state index contributed by atoms with van der Waals surface area (Å²) in [5.41, 5.74) is 0. The van der Waals surface area contributed by atoms with E-state index in [1.165, 1.54) is 11.3 Å². The number of ether oxygens (including phenoxy) is 1. The van der Waals surface area contributed by atoms with Crippen LogP contribution in [0, 0.1) is 0 Å². The second kappa shape index (κ2) is 7.94. The number of hydrogen-bond acceptors (Lipinski definition) is 6. The van der Waals surface area contributed by atoms with Crippen molar-refractivity contribution in [2.45, 2.75) is 36.5 Å². The van der Waals surface area contributed by atoms with E-state index >= 15 is 0 Å². The SMILES string of the molecule is CC(C)Sc1nnc(NC(=O)[C@@H](C)Oc2ccc(Br)cc2)s1. The molecular weight excluding hydrogens is 386 g/mol. The molecule has 1 atom stereocenters. The highest BCUT2D eigenvalue weighted by molar-refractivity contribution is 9.10. The van der Waals surface area contributed by atoms with Gasteiger partial charge < -0.3 is 4.74 Å². The smallest absolute Gasteiger partial charge is 0.266 e. The Balaban J connectivity index is 1.90. The van der Waals surface area contributed by atoms with Crippen LogP contribution in [-0.2, 0) is 4.79 Å². The van der Waals surface area contributed by atoms with Crippen molar-refractivity contribution < 1.29 is 9.53 Å². The lowest BCUT2D eigenvalue weighted by molar-refractivity contribution is -0.122. The topological polar surface area (TPSA) is 64.1 Å². The fourth-order valence-electron chi connectivity index (χ4n) is 1.49. The molecule has 118 valence electrons. The maximum Gasteiger partial charge on any atom is 0.266 e. The maximum absolute atomic E-state index is 12.1. The quantitative estimate of drug-likeness (QED) is 0.579. The molecule has 0 aliphatic heterocycles. The molecule has 0 unspecified atom stereocenters. The maximum atomic E-state index is 12.1. The number of rotatable bonds is 6. The second-order valence-corrected chi connectivity index (χ2v) is 8.46. The number of hydrogen-bond donors (Lipinski definition) is 1. The van der Waals surface area contributed by atoms with Crippen molar-refractivity contribution in [3.8, 4) is 5.75 Å². The normalized spacial score (nSPS) is 12.2. The summed E-state index contributed by atoms with van der Waals surface area (Å²) in [4.78, 5) is 12.1. The standard InChI is InChI=1S/C14H16BrN3O2S2/c1-8(2)21-14-18-17-13(22-14)16-12(19)9(3)20-11-6-4-10(15)5-7-11/h4-9H,1-3H3,(H,16,17,19)/t9-/m1/s1. The first-order valence-corrected chi connectivity index (χ1v) is 9.16. The number of amides is 1. The number of carbonyl (C=O) groups is 1. The average Bonchev–Trinajstić information content (AvgIpc) is 2.87. The van der Waals surface area contributed by atoms with Gasteiger partial charge in [-0.1, -0.05) is 52.9 Å². The monoisotopic (exact) mass is 401 g/mol. The molecule has 0 radical (unpaired) electrons. The van der Waals surface area contributed by atoms with Gasteiger partial charge in [-0.3, -0.25) is 10.1 Å². The molecule has 1 amide bonds. The third-order valence-corrected chi connectivity index (χ3v) is 4.92. The highest BCUT2D eigenvalue weighted by Gasteiger charge is 2.17. The molecule has 0 aliphatic rings. The van der Waals surface area contributed by atoms with Gasteiger partial charge in [0, 0.05) is 9.72 Å². The van der Waals surface area contributed by atoms with Crippen molar-refractivity contribution in [2.75, 3.05) is 5.32 Å². The van der Waals surface area contributed by atoms with Crippen LogP contribution in [0.2, 0.25) is 0 Å². The molecule has 2 rings (SSSR count). The van der Waals surface area contributed by atoms with Gasteiger partial charge in [0.2, 0.25) is 5.13 Å². The van der Waals surface area contributed by atoms with Crippen LogP contribution in [-0.4, -0.2) is 27.5 Å². The van der Waals surface area contributed by atoms with Gasteiger partial charge in [0.25, 0.3) is 5.91 Å². The summed E-state index contributed by atoms with van der Waals surface area (Å²) in [6, 6.07) is 7.33. The summed E-state index contributed by atoms with van der Waals surface area (Å²) in [6.45, 7) is 5.86. The van der Waals surface area contributed by atoms with Crippen molar-refractivity contribution >= 4 is 50.1 Å². The summed E-state index contributed by atoms with van der Waals surface area (Å²) in [5.74, 6) is 0.388. The minimum Gasteiger partial charge on any atom is -0.481 e. The van der Waals surface area contributed by atoms with Crippen molar-refractivity contribution in [1.82, 2.24) is 10.2 Å². The Bertz CT molecular complexity index is 631. The molecule has 5 nitrogen and oxygen atoms in total. The fourth-order valence-corrected chi connectivity index (χ4v) is 3.73. The first kappa shape index (κ1) is 17.2. The lowest BCUT2D eigenvalue weighted by atomic mass is 10.3. The molecule has 0 aliphatic carbocycles. The number of anilines is 1. The van der Waals surface area contributed by atoms with Gasteiger partial charge in [-0.05, 0) is 31.2 Å². The van der Waals surface area contributed by atoms with E-state index in [1.807, 2.05) is 12.1 Å². The zero-order valence-electron chi connectivity index (χ0n) is 12.4. The average molecular weight is 402 g/mol. The molecule has 0 saturated heterocycles. The van der Waals surface area contributed by atoms with Gasteiger partial charge in [0.1, 0.15) is 5.75 Å². The summed E-state index contributed by atoms with van der Waals surface area (Å²) in [7, 11) is 0. The van der Waals surface area contributed by atoms with Crippen LogP contribution in [0.5, 0.6) is 5.75 Å². The van der Waals surface area contributed by atoms with Crippen molar-refractivity contribution in [2.24, 2.45) is 0 Å². The Kier molecular flexibility index (Phi) is 6.22. The third-order valence-electron chi connectivity index (χ3n) is 2.47. The molecule has 1 aromatic carbocycles. The Morgan fingerprint density at radius 3 is 2.59 bits per heavy atom. The van der Waals surface area contributed by atoms with Crippen LogP contribution < -0.4 is 10.1 Å². The number of halogens is 1. The first-order valence-electron chi connectivity index (χ1n) is 6.67. The van der Waals surface area contributed by atoms with E-state index in [2.05, 4.69) is 45.3 Å². The van der Waals surface area contributed by atoms with Gasteiger partial charge >= 0.3 is 0 Å². The van der Waals surface area contributed by atoms with Gasteiger partial charge in [-0.25, -0.2) is 0 Å². The first-order chi connectivity index (χ1) is 10.4. The van der Waals surface area contributed by atoms with Crippen molar-refractivity contribution in [1.29, 1.82) is 0 Å². The van der Waals surface area contributed by atoms with Gasteiger partial charge in [0.05, 0.1) is 0 Å². The highest BCUT2D eigenvalue weighted by Crippen LogP contribution is 2.28. The highest BCUT2D eigenvalue weighted by atomic mass is 79.9. The molecule has 0 fully saturated rings. The molecule has 22 heavy (non-hydrogen) atoms. The Hall–Kier alpha value is -1.12. The molecule has 1 aromatic heterocycles. The molecule has 8 heteroatoms. The lowest BCUT2D eigenvalue weighted by Gasteiger charge is -2.13. The van der Waals surface area contributed by atoms with Crippen molar-refractivity contribution in [3.63, 3.8) is 0 Å². The lowest BCUT2D eigenvalue weighted by Crippen LogP contribution is -2.30. The number of thioether (sulfide) groups is 1. The van der Waals surface area contributed by atoms with E-state index in [4.69, 9.17) is 4.74 Å². The number of carbonyl (C=O) groups excluding carboxylic acids is 1. The summed E-state index contributed by atoms with van der Waals surface area (Å²) < 4.78 is 7.39. The van der Waals surface area contributed by atoms with Crippen LogP contribution in [0.25, 0.3) is 0 Å². The molecule has 1 N–H and O–H groups in total. The van der Waals surface area contributed by atoms with Gasteiger partial charge in [-0.2, -0.15) is 0 Å². The zero-order valence-corrected chi connectivity index (χ0v) is 15.6. The largest absolute Gasteiger partial charge is 0.481 e. The van der Waals surface area contributed by atoms with Crippen molar-refractivity contribution in [3.05, 3.63) is 28.7 Å². The fraction of sp³-hybridized carbons (Fsp3) is 0.357. The van der Waals surface area contributed by atoms with Gasteiger partial charge in [0.15, 0.2) is 10.4 Å². The van der Waals surface area contributed by atoms with Gasteiger partial charge in [-0.15, -0.1) is 10.2 Å². The van der Waals surface area contributed by atoms with E-state index < -0.39 is 6.10 Å². The summed E-state index contributed by atoms with van der Waals surface area (Å²) in [5, 5.41) is 11.6.